The quantitative estimate of drug-likeness (QED) is 0.653. The van der Waals surface area contributed by atoms with Gasteiger partial charge < -0.3 is 10.1 Å². The van der Waals surface area contributed by atoms with Crippen molar-refractivity contribution in [2.24, 2.45) is 0 Å². The first-order chi connectivity index (χ1) is 12.6. The molecular formula is C20H17N3O2S. The predicted octanol–water partition coefficient (Wildman–Crippen LogP) is 3.21. The van der Waals surface area contributed by atoms with Gasteiger partial charge in [0.2, 0.25) is 0 Å². The third-order valence-electron chi connectivity index (χ3n) is 4.02. The molecule has 6 heteroatoms. The average molecular weight is 363 g/mol. The molecule has 1 aliphatic rings. The molecule has 2 aromatic carbocycles. The average Bonchev–Trinajstić information content (AvgIpc) is 2.94. The molecule has 0 atom stereocenters. The van der Waals surface area contributed by atoms with Gasteiger partial charge in [-0.2, -0.15) is 5.26 Å². The Bertz CT molecular complexity index is 931. The third kappa shape index (κ3) is 3.58. The molecule has 0 spiro atoms. The van der Waals surface area contributed by atoms with Gasteiger partial charge >= 0.3 is 0 Å². The molecule has 130 valence electrons. The van der Waals surface area contributed by atoms with Crippen LogP contribution in [0.4, 0.5) is 0 Å². The van der Waals surface area contributed by atoms with E-state index in [1.165, 1.54) is 4.90 Å². The lowest BCUT2D eigenvalue weighted by Gasteiger charge is -2.11. The Morgan fingerprint density at radius 3 is 2.69 bits per heavy atom. The van der Waals surface area contributed by atoms with Crippen molar-refractivity contribution >= 4 is 29.3 Å². The topological polar surface area (TPSA) is 65.4 Å². The van der Waals surface area contributed by atoms with E-state index in [2.05, 4.69) is 11.4 Å². The molecule has 0 aromatic heterocycles. The van der Waals surface area contributed by atoms with Crippen molar-refractivity contribution in [3.05, 3.63) is 70.9 Å². The second-order valence-corrected chi connectivity index (χ2v) is 6.02. The van der Waals surface area contributed by atoms with Gasteiger partial charge in [-0.3, -0.25) is 9.69 Å². The van der Waals surface area contributed by atoms with E-state index < -0.39 is 0 Å². The number of ether oxygens (including phenoxy) is 1. The van der Waals surface area contributed by atoms with Crippen molar-refractivity contribution in [2.75, 3.05) is 6.54 Å². The Balaban J connectivity index is 1.83. The van der Waals surface area contributed by atoms with Gasteiger partial charge in [-0.25, -0.2) is 0 Å². The maximum absolute atomic E-state index is 12.4. The van der Waals surface area contributed by atoms with Crippen molar-refractivity contribution in [3.63, 3.8) is 0 Å². The van der Waals surface area contributed by atoms with E-state index in [9.17, 15) is 10.1 Å². The molecule has 1 fully saturated rings. The number of para-hydroxylation sites is 1. The summed E-state index contributed by atoms with van der Waals surface area (Å²) in [5, 5.41) is 12.5. The van der Waals surface area contributed by atoms with E-state index in [1.54, 1.807) is 12.1 Å². The zero-order valence-electron chi connectivity index (χ0n) is 14.2. The molecule has 0 bridgehead atoms. The van der Waals surface area contributed by atoms with Crippen molar-refractivity contribution in [3.8, 4) is 11.8 Å². The van der Waals surface area contributed by atoms with Crippen LogP contribution in [0.1, 0.15) is 23.6 Å². The van der Waals surface area contributed by atoms with Gasteiger partial charge in [0.25, 0.3) is 5.91 Å². The Morgan fingerprint density at radius 1 is 1.23 bits per heavy atom. The summed E-state index contributed by atoms with van der Waals surface area (Å²) in [6.45, 7) is 2.66. The fraction of sp³-hybridized carbons (Fsp3) is 0.150. The second kappa shape index (κ2) is 7.81. The highest BCUT2D eigenvalue weighted by Crippen LogP contribution is 2.24. The van der Waals surface area contributed by atoms with Gasteiger partial charge in [0.1, 0.15) is 18.1 Å². The number of rotatable bonds is 5. The van der Waals surface area contributed by atoms with Gasteiger partial charge in [0.15, 0.2) is 5.11 Å². The maximum atomic E-state index is 12.4. The largest absolute Gasteiger partial charge is 0.488 e. The van der Waals surface area contributed by atoms with E-state index >= 15 is 0 Å². The van der Waals surface area contributed by atoms with Crippen LogP contribution in [0.2, 0.25) is 0 Å². The van der Waals surface area contributed by atoms with E-state index in [4.69, 9.17) is 17.0 Å². The molecule has 1 heterocycles. The number of nitriles is 1. The Hall–Kier alpha value is -3.17. The molecule has 1 N–H and O–H groups in total. The van der Waals surface area contributed by atoms with Crippen molar-refractivity contribution in [2.45, 2.75) is 13.5 Å². The smallest absolute Gasteiger partial charge is 0.276 e. The van der Waals surface area contributed by atoms with Gasteiger partial charge in [-0.05, 0) is 37.4 Å². The van der Waals surface area contributed by atoms with Crippen LogP contribution in [0.5, 0.6) is 5.75 Å². The van der Waals surface area contributed by atoms with E-state index in [-0.39, 0.29) is 12.5 Å². The lowest BCUT2D eigenvalue weighted by molar-refractivity contribution is -0.122. The Kier molecular flexibility index (Phi) is 5.30. The first-order valence-corrected chi connectivity index (χ1v) is 8.59. The first-order valence-electron chi connectivity index (χ1n) is 8.18. The first kappa shape index (κ1) is 17.6. The highest BCUT2D eigenvalue weighted by molar-refractivity contribution is 7.80. The number of hydrogen-bond acceptors (Lipinski definition) is 4. The fourth-order valence-corrected chi connectivity index (χ4v) is 2.98. The van der Waals surface area contributed by atoms with Crippen molar-refractivity contribution in [1.82, 2.24) is 10.2 Å². The summed E-state index contributed by atoms with van der Waals surface area (Å²) in [6, 6.07) is 16.9. The number of nitrogens with one attached hydrogen (secondary N) is 1. The van der Waals surface area contributed by atoms with Crippen LogP contribution in [-0.2, 0) is 11.4 Å². The summed E-state index contributed by atoms with van der Waals surface area (Å²) in [4.78, 5) is 13.9. The fourth-order valence-electron chi connectivity index (χ4n) is 2.66. The van der Waals surface area contributed by atoms with Crippen LogP contribution in [0.25, 0.3) is 6.08 Å². The van der Waals surface area contributed by atoms with Crippen LogP contribution in [0.15, 0.2) is 54.2 Å². The third-order valence-corrected chi connectivity index (χ3v) is 4.34. The normalized spacial score (nSPS) is 15.1. The zero-order chi connectivity index (χ0) is 18.5. The number of thiocarbonyl (C=S) groups is 1. The molecule has 1 amide bonds. The van der Waals surface area contributed by atoms with Crippen LogP contribution in [0, 0.1) is 11.3 Å². The number of amides is 1. The number of carbonyl (C=O) groups is 1. The van der Waals surface area contributed by atoms with E-state index in [0.29, 0.717) is 28.7 Å². The Morgan fingerprint density at radius 2 is 1.96 bits per heavy atom. The zero-order valence-corrected chi connectivity index (χ0v) is 15.0. The lowest BCUT2D eigenvalue weighted by atomic mass is 10.1. The molecular weight excluding hydrogens is 346 g/mol. The van der Waals surface area contributed by atoms with Crippen molar-refractivity contribution in [1.29, 1.82) is 5.26 Å². The minimum absolute atomic E-state index is 0.151. The van der Waals surface area contributed by atoms with Gasteiger partial charge in [-0.1, -0.05) is 36.4 Å². The monoisotopic (exact) mass is 363 g/mol. The van der Waals surface area contributed by atoms with E-state index in [1.807, 2.05) is 49.4 Å². The molecule has 1 saturated heterocycles. The molecule has 2 aromatic rings. The standard InChI is InChI=1S/C20H17N3O2S/c1-2-23-19(24)17(22-20(23)26)11-14-7-5-6-10-18(14)25-13-16-9-4-3-8-15(16)12-21/h3-11H,2,13H2,1H3,(H,22,26)/b17-11-. The lowest BCUT2D eigenvalue weighted by Crippen LogP contribution is -2.30. The van der Waals surface area contributed by atoms with Crippen molar-refractivity contribution < 1.29 is 9.53 Å². The Labute approximate surface area is 157 Å². The molecule has 1 aliphatic heterocycles. The molecule has 0 saturated carbocycles. The SMILES string of the molecule is CCN1C(=O)/C(=C/c2ccccc2OCc2ccccc2C#N)NC1=S. The number of nitrogens with zero attached hydrogens (tertiary/aromatic N) is 2. The second-order valence-electron chi connectivity index (χ2n) is 5.63. The highest BCUT2D eigenvalue weighted by Gasteiger charge is 2.29. The van der Waals surface area contributed by atoms with Crippen LogP contribution in [-0.4, -0.2) is 22.5 Å². The van der Waals surface area contributed by atoms with Crippen LogP contribution in [0.3, 0.4) is 0 Å². The minimum atomic E-state index is -0.151. The van der Waals surface area contributed by atoms with Crippen LogP contribution < -0.4 is 10.1 Å². The van der Waals surface area contributed by atoms with Crippen LogP contribution >= 0.6 is 12.2 Å². The molecule has 0 radical (unpaired) electrons. The summed E-state index contributed by atoms with van der Waals surface area (Å²) in [6.07, 6.45) is 1.73. The minimum Gasteiger partial charge on any atom is -0.488 e. The van der Waals surface area contributed by atoms with Gasteiger partial charge in [0, 0.05) is 17.7 Å². The number of hydrogen-bond donors (Lipinski definition) is 1. The number of benzene rings is 2. The maximum Gasteiger partial charge on any atom is 0.276 e. The molecule has 0 aliphatic carbocycles. The molecule has 3 rings (SSSR count). The van der Waals surface area contributed by atoms with Gasteiger partial charge in [0.05, 0.1) is 11.6 Å². The van der Waals surface area contributed by atoms with E-state index in [0.717, 1.165) is 11.1 Å². The van der Waals surface area contributed by atoms with Gasteiger partial charge in [-0.15, -0.1) is 0 Å². The predicted molar refractivity (Wildman–Crippen MR) is 103 cm³/mol. The molecule has 26 heavy (non-hydrogen) atoms. The number of carbonyl (C=O) groups excluding carboxylic acids is 1. The molecule has 0 unspecified atom stereocenters. The number of likely N-dealkylation sites (N-methyl/N-ethyl adjacent to an activating group) is 1. The highest BCUT2D eigenvalue weighted by atomic mass is 32.1. The molecule has 5 nitrogen and oxygen atoms in total. The summed E-state index contributed by atoms with van der Waals surface area (Å²) in [7, 11) is 0. The summed E-state index contributed by atoms with van der Waals surface area (Å²) in [5.74, 6) is 0.477. The summed E-state index contributed by atoms with van der Waals surface area (Å²) in [5.41, 5.74) is 2.58. The summed E-state index contributed by atoms with van der Waals surface area (Å²) < 4.78 is 5.91. The summed E-state index contributed by atoms with van der Waals surface area (Å²) >= 11 is 5.18.